The molecule has 0 fully saturated rings. The number of benzene rings is 2. The van der Waals surface area contributed by atoms with E-state index in [1.165, 1.54) is 0 Å². The van der Waals surface area contributed by atoms with Crippen LogP contribution in [0.2, 0.25) is 0 Å². The number of rotatable bonds is 6. The van der Waals surface area contributed by atoms with Crippen LogP contribution in [0.3, 0.4) is 0 Å². The molecule has 3 heteroatoms. The Labute approximate surface area is 118 Å². The van der Waals surface area contributed by atoms with Crippen molar-refractivity contribution < 1.29 is 14.2 Å². The van der Waals surface area contributed by atoms with E-state index < -0.39 is 12.3 Å². The van der Waals surface area contributed by atoms with Crippen molar-refractivity contribution in [1.82, 2.24) is 0 Å². The molecule has 2 nitrogen and oxygen atoms in total. The zero-order chi connectivity index (χ0) is 14.4. The van der Waals surface area contributed by atoms with Crippen LogP contribution in [-0.4, -0.2) is 17.8 Å². The number of hydrogen-bond donors (Lipinski definition) is 1. The number of aliphatic hydroxyl groups is 1. The fourth-order valence-electron chi connectivity index (χ4n) is 2.01. The van der Waals surface area contributed by atoms with Crippen LogP contribution in [0.1, 0.15) is 30.3 Å². The van der Waals surface area contributed by atoms with Crippen LogP contribution in [0, 0.1) is 0 Å². The van der Waals surface area contributed by atoms with E-state index in [1.807, 2.05) is 43.3 Å². The molecule has 0 saturated heterocycles. The van der Waals surface area contributed by atoms with Crippen LogP contribution >= 0.6 is 0 Å². The fraction of sp³-hybridized carbons (Fsp3) is 0.294. The molecule has 0 aliphatic carbocycles. The van der Waals surface area contributed by atoms with Gasteiger partial charge in [0.15, 0.2) is 6.17 Å². The van der Waals surface area contributed by atoms with E-state index in [0.717, 1.165) is 5.56 Å². The summed E-state index contributed by atoms with van der Waals surface area (Å²) < 4.78 is 19.6. The third-order valence-corrected chi connectivity index (χ3v) is 3.24. The first-order valence-corrected chi connectivity index (χ1v) is 6.72. The minimum atomic E-state index is -1.43. The molecule has 106 valence electrons. The third kappa shape index (κ3) is 3.89. The smallest absolute Gasteiger partial charge is 0.153 e. The van der Waals surface area contributed by atoms with Crippen molar-refractivity contribution in [3.63, 3.8) is 0 Å². The zero-order valence-electron chi connectivity index (χ0n) is 11.4. The van der Waals surface area contributed by atoms with Crippen LogP contribution in [0.5, 0.6) is 0 Å². The summed E-state index contributed by atoms with van der Waals surface area (Å²) in [6, 6.07) is 18.3. The van der Waals surface area contributed by atoms with Gasteiger partial charge in [-0.2, -0.15) is 0 Å². The molecule has 2 rings (SSSR count). The number of ether oxygens (including phenoxy) is 1. The maximum absolute atomic E-state index is 14.1. The number of alkyl halides is 1. The Morgan fingerprint density at radius 2 is 1.45 bits per heavy atom. The summed E-state index contributed by atoms with van der Waals surface area (Å²) in [4.78, 5) is 0. The second kappa shape index (κ2) is 7.17. The molecule has 0 saturated carbocycles. The van der Waals surface area contributed by atoms with Gasteiger partial charge in [0.1, 0.15) is 6.10 Å². The first-order valence-electron chi connectivity index (χ1n) is 6.72. The lowest BCUT2D eigenvalue weighted by Gasteiger charge is -2.19. The SMILES string of the molecule is CC(OC[C@H](O)[C@H](F)c1ccccc1)c1ccccc1. The minimum Gasteiger partial charge on any atom is -0.387 e. The molecule has 0 heterocycles. The normalized spacial score (nSPS) is 15.6. The second-order valence-corrected chi connectivity index (χ2v) is 4.77. The van der Waals surface area contributed by atoms with Crippen molar-refractivity contribution in [2.24, 2.45) is 0 Å². The average Bonchev–Trinajstić information content (AvgIpc) is 2.53. The number of aliphatic hydroxyl groups excluding tert-OH is 1. The number of halogens is 1. The van der Waals surface area contributed by atoms with E-state index in [0.29, 0.717) is 5.56 Å². The molecule has 0 aliphatic heterocycles. The van der Waals surface area contributed by atoms with Gasteiger partial charge < -0.3 is 9.84 Å². The van der Waals surface area contributed by atoms with Gasteiger partial charge in [-0.3, -0.25) is 0 Å². The molecule has 3 atom stereocenters. The van der Waals surface area contributed by atoms with Gasteiger partial charge in [-0.25, -0.2) is 4.39 Å². The molecule has 2 aromatic carbocycles. The Kier molecular flexibility index (Phi) is 5.27. The largest absolute Gasteiger partial charge is 0.387 e. The molecule has 0 bridgehead atoms. The highest BCUT2D eigenvalue weighted by Crippen LogP contribution is 2.23. The standard InChI is InChI=1S/C17H19FO2/c1-13(14-8-4-2-5-9-14)20-12-16(19)17(18)15-10-6-3-7-11-15/h2-11,13,16-17,19H,12H2,1H3/t13?,16-,17+/m0/s1. The first-order chi connectivity index (χ1) is 9.68. The molecule has 0 spiro atoms. The molecule has 20 heavy (non-hydrogen) atoms. The van der Waals surface area contributed by atoms with Crippen molar-refractivity contribution in [2.45, 2.75) is 25.3 Å². The lowest BCUT2D eigenvalue weighted by molar-refractivity contribution is -0.0351. The Morgan fingerprint density at radius 3 is 2.00 bits per heavy atom. The molecule has 0 aromatic heterocycles. The van der Waals surface area contributed by atoms with Crippen LogP contribution in [0.25, 0.3) is 0 Å². The summed E-state index contributed by atoms with van der Waals surface area (Å²) in [6.07, 6.45) is -2.77. The van der Waals surface area contributed by atoms with Crippen LogP contribution in [0.4, 0.5) is 4.39 Å². The molecular weight excluding hydrogens is 255 g/mol. The Balaban J connectivity index is 1.87. The first kappa shape index (κ1) is 14.7. The predicted octanol–water partition coefficient (Wildman–Crippen LogP) is 3.84. The summed E-state index contributed by atoms with van der Waals surface area (Å²) in [5, 5.41) is 9.87. The topological polar surface area (TPSA) is 29.5 Å². The fourth-order valence-corrected chi connectivity index (χ4v) is 2.01. The van der Waals surface area contributed by atoms with Gasteiger partial charge in [-0.1, -0.05) is 60.7 Å². The van der Waals surface area contributed by atoms with Crippen molar-refractivity contribution >= 4 is 0 Å². The van der Waals surface area contributed by atoms with Crippen LogP contribution in [-0.2, 0) is 4.74 Å². The van der Waals surface area contributed by atoms with E-state index in [9.17, 15) is 9.50 Å². The van der Waals surface area contributed by atoms with E-state index in [1.54, 1.807) is 24.3 Å². The predicted molar refractivity (Wildman–Crippen MR) is 77.1 cm³/mol. The second-order valence-electron chi connectivity index (χ2n) is 4.77. The Bertz CT molecular complexity index is 501. The molecule has 1 unspecified atom stereocenters. The van der Waals surface area contributed by atoms with E-state index >= 15 is 0 Å². The number of hydrogen-bond acceptors (Lipinski definition) is 2. The van der Waals surface area contributed by atoms with Crippen molar-refractivity contribution in [3.05, 3.63) is 71.8 Å². The Morgan fingerprint density at radius 1 is 0.950 bits per heavy atom. The van der Waals surface area contributed by atoms with Gasteiger partial charge in [0.2, 0.25) is 0 Å². The van der Waals surface area contributed by atoms with Crippen LogP contribution < -0.4 is 0 Å². The summed E-state index contributed by atoms with van der Waals surface area (Å²) >= 11 is 0. The summed E-state index contributed by atoms with van der Waals surface area (Å²) in [6.45, 7) is 1.85. The van der Waals surface area contributed by atoms with Gasteiger partial charge >= 0.3 is 0 Å². The summed E-state index contributed by atoms with van der Waals surface area (Å²) in [7, 11) is 0. The van der Waals surface area contributed by atoms with Gasteiger partial charge in [0.05, 0.1) is 12.7 Å². The monoisotopic (exact) mass is 274 g/mol. The van der Waals surface area contributed by atoms with Crippen molar-refractivity contribution in [2.75, 3.05) is 6.61 Å². The molecule has 2 aromatic rings. The highest BCUT2D eigenvalue weighted by atomic mass is 19.1. The zero-order valence-corrected chi connectivity index (χ0v) is 11.4. The van der Waals surface area contributed by atoms with E-state index in [-0.39, 0.29) is 12.7 Å². The van der Waals surface area contributed by atoms with Gasteiger partial charge in [-0.05, 0) is 18.1 Å². The quantitative estimate of drug-likeness (QED) is 0.867. The lowest BCUT2D eigenvalue weighted by Crippen LogP contribution is -2.22. The minimum absolute atomic E-state index is 0.0356. The molecular formula is C17H19FO2. The Hall–Kier alpha value is -1.71. The van der Waals surface area contributed by atoms with Gasteiger partial charge in [0.25, 0.3) is 0 Å². The van der Waals surface area contributed by atoms with Gasteiger partial charge in [0, 0.05) is 0 Å². The molecule has 1 N–H and O–H groups in total. The maximum atomic E-state index is 14.1. The van der Waals surface area contributed by atoms with E-state index in [2.05, 4.69) is 0 Å². The van der Waals surface area contributed by atoms with Crippen LogP contribution in [0.15, 0.2) is 60.7 Å². The van der Waals surface area contributed by atoms with E-state index in [4.69, 9.17) is 4.74 Å². The van der Waals surface area contributed by atoms with Crippen molar-refractivity contribution in [1.29, 1.82) is 0 Å². The highest BCUT2D eigenvalue weighted by Gasteiger charge is 2.21. The van der Waals surface area contributed by atoms with Crippen molar-refractivity contribution in [3.8, 4) is 0 Å². The molecule has 0 aliphatic rings. The lowest BCUT2D eigenvalue weighted by atomic mass is 10.1. The van der Waals surface area contributed by atoms with Gasteiger partial charge in [-0.15, -0.1) is 0 Å². The average molecular weight is 274 g/mol. The molecule has 0 radical (unpaired) electrons. The maximum Gasteiger partial charge on any atom is 0.153 e. The summed E-state index contributed by atoms with van der Waals surface area (Å²) in [5.74, 6) is 0. The third-order valence-electron chi connectivity index (χ3n) is 3.24. The molecule has 0 amide bonds. The summed E-state index contributed by atoms with van der Waals surface area (Å²) in [5.41, 5.74) is 1.48. The highest BCUT2D eigenvalue weighted by molar-refractivity contribution is 5.19.